The van der Waals surface area contributed by atoms with Gasteiger partial charge in [-0.1, -0.05) is 0 Å². The summed E-state index contributed by atoms with van der Waals surface area (Å²) in [5.74, 6) is 0. The molecule has 0 aromatic heterocycles. The summed E-state index contributed by atoms with van der Waals surface area (Å²) in [6.07, 6.45) is -1.39. The molecule has 0 N–H and O–H groups in total. The second-order valence-electron chi connectivity index (χ2n) is 4.99. The number of hydrogen-bond acceptors (Lipinski definition) is 9. The molecule has 0 aliphatic rings. The van der Waals surface area contributed by atoms with E-state index in [1.54, 1.807) is 42.1 Å². The molecule has 0 amide bonds. The van der Waals surface area contributed by atoms with Crippen molar-refractivity contribution in [3.8, 4) is 0 Å². The van der Waals surface area contributed by atoms with Gasteiger partial charge in [0, 0.05) is 0 Å². The summed E-state index contributed by atoms with van der Waals surface area (Å²) in [7, 11) is 4.84. The summed E-state index contributed by atoms with van der Waals surface area (Å²) in [5.41, 5.74) is 0. The molecule has 3 unspecified atom stereocenters. The summed E-state index contributed by atoms with van der Waals surface area (Å²) in [5, 5.41) is 0. The van der Waals surface area contributed by atoms with Crippen LogP contribution in [0.2, 0.25) is 0 Å². The van der Waals surface area contributed by atoms with Crippen LogP contribution in [0.15, 0.2) is 0 Å². The molecule has 25 heavy (non-hydrogen) atoms. The average molecular weight is 472 g/mol. The molecular weight excluding hydrogens is 439 g/mol. The first kappa shape index (κ1) is 25.5. The van der Waals surface area contributed by atoms with Gasteiger partial charge in [-0.3, -0.25) is 0 Å². The number of methoxy groups -OCH3 is 3. The fraction of sp³-hybridized carbons (Fsp3) is 1.00. The molecule has 3 atom stereocenters. The van der Waals surface area contributed by atoms with Crippen LogP contribution in [-0.2, 0) is 37.0 Å². The molecule has 0 heterocycles. The molecule has 0 aliphatic carbocycles. The summed E-state index contributed by atoms with van der Waals surface area (Å²) >= 11 is -3.35. The molecular formula is C15H33InO9. The van der Waals surface area contributed by atoms with Crippen molar-refractivity contribution < 1.29 is 37.0 Å². The molecule has 0 aromatic carbocycles. The van der Waals surface area contributed by atoms with E-state index in [2.05, 4.69) is 0 Å². The molecule has 0 radical (unpaired) electrons. The minimum absolute atomic E-state index is 0.427. The second-order valence-corrected chi connectivity index (χ2v) is 8.97. The maximum atomic E-state index is 5.82. The Bertz CT molecular complexity index is 243. The third kappa shape index (κ3) is 16.4. The molecule has 0 aliphatic heterocycles. The van der Waals surface area contributed by atoms with Gasteiger partial charge in [-0.25, -0.2) is 0 Å². The van der Waals surface area contributed by atoms with Crippen LogP contribution in [-0.4, -0.2) is 103 Å². The van der Waals surface area contributed by atoms with E-state index in [9.17, 15) is 0 Å². The van der Waals surface area contributed by atoms with Crippen LogP contribution in [0.25, 0.3) is 0 Å². The Morgan fingerprint density at radius 3 is 1.04 bits per heavy atom. The van der Waals surface area contributed by atoms with Crippen LogP contribution < -0.4 is 0 Å². The zero-order chi connectivity index (χ0) is 18.9. The Balaban J connectivity index is 4.37. The third-order valence-corrected chi connectivity index (χ3v) is 8.01. The summed E-state index contributed by atoms with van der Waals surface area (Å²) in [6, 6.07) is 0. The van der Waals surface area contributed by atoms with Gasteiger partial charge < -0.3 is 0 Å². The van der Waals surface area contributed by atoms with Crippen molar-refractivity contribution in [2.45, 2.75) is 39.6 Å². The van der Waals surface area contributed by atoms with Crippen molar-refractivity contribution in [1.82, 2.24) is 0 Å². The Morgan fingerprint density at radius 2 is 0.800 bits per heavy atom. The van der Waals surface area contributed by atoms with Gasteiger partial charge in [0.1, 0.15) is 0 Å². The summed E-state index contributed by atoms with van der Waals surface area (Å²) < 4.78 is 48.8. The zero-order valence-electron chi connectivity index (χ0n) is 16.2. The van der Waals surface area contributed by atoms with Crippen molar-refractivity contribution in [2.75, 3.05) is 61.0 Å². The first-order valence-electron chi connectivity index (χ1n) is 8.31. The third-order valence-electron chi connectivity index (χ3n) is 2.83. The molecule has 0 aromatic rings. The van der Waals surface area contributed by atoms with Crippen molar-refractivity contribution in [3.05, 3.63) is 0 Å². The first-order valence-corrected chi connectivity index (χ1v) is 12.3. The molecule has 150 valence electrons. The normalized spacial score (nSPS) is 15.1. The average Bonchev–Trinajstić information content (AvgIpc) is 2.55. The SMILES string of the molecule is COCCOC(C)[O][In]([O]C(C)OCCOC)[O]C(C)OCCOC. The standard InChI is InChI=1S/3C5H11O3.In/c3*1-5(6)8-4-3-7-2;/h3*5H,3-4H2,1-2H3;/q3*-1;+3. The Kier molecular flexibility index (Phi) is 18.3. The van der Waals surface area contributed by atoms with Crippen LogP contribution >= 0.6 is 0 Å². The molecule has 0 saturated heterocycles. The molecule has 9 nitrogen and oxygen atoms in total. The van der Waals surface area contributed by atoms with E-state index in [-0.39, 0.29) is 0 Å². The zero-order valence-corrected chi connectivity index (χ0v) is 19.5. The number of rotatable bonds is 18. The predicted octanol–water partition coefficient (Wildman–Crippen LogP) is 1.05. The van der Waals surface area contributed by atoms with Gasteiger partial charge in [0.2, 0.25) is 0 Å². The summed E-state index contributed by atoms with van der Waals surface area (Å²) in [6.45, 7) is 8.12. The fourth-order valence-corrected chi connectivity index (χ4v) is 5.48. The van der Waals surface area contributed by atoms with Gasteiger partial charge in [-0.15, -0.1) is 0 Å². The Morgan fingerprint density at radius 1 is 0.520 bits per heavy atom. The predicted molar refractivity (Wildman–Crippen MR) is 90.9 cm³/mol. The van der Waals surface area contributed by atoms with Gasteiger partial charge >= 0.3 is 160 Å². The number of ether oxygens (including phenoxy) is 6. The van der Waals surface area contributed by atoms with E-state index in [0.717, 1.165) is 0 Å². The van der Waals surface area contributed by atoms with E-state index in [0.29, 0.717) is 39.6 Å². The van der Waals surface area contributed by atoms with E-state index in [1.807, 2.05) is 0 Å². The fourth-order valence-electron chi connectivity index (χ4n) is 1.58. The molecule has 0 rings (SSSR count). The van der Waals surface area contributed by atoms with Crippen LogP contribution in [0.4, 0.5) is 0 Å². The number of hydrogen-bond donors (Lipinski definition) is 0. The quantitative estimate of drug-likeness (QED) is 0.215. The topological polar surface area (TPSA) is 83.1 Å². The van der Waals surface area contributed by atoms with Gasteiger partial charge in [0.25, 0.3) is 0 Å². The Hall–Kier alpha value is 0.510. The van der Waals surface area contributed by atoms with Gasteiger partial charge in [-0.05, 0) is 0 Å². The molecule has 10 heteroatoms. The van der Waals surface area contributed by atoms with Crippen molar-refractivity contribution in [2.24, 2.45) is 0 Å². The van der Waals surface area contributed by atoms with E-state index in [1.165, 1.54) is 0 Å². The monoisotopic (exact) mass is 472 g/mol. The van der Waals surface area contributed by atoms with Gasteiger partial charge in [-0.2, -0.15) is 0 Å². The molecule has 0 saturated carbocycles. The van der Waals surface area contributed by atoms with Gasteiger partial charge in [0.05, 0.1) is 0 Å². The second kappa shape index (κ2) is 17.9. The van der Waals surface area contributed by atoms with E-state index >= 15 is 0 Å². The van der Waals surface area contributed by atoms with Crippen LogP contribution in [0.1, 0.15) is 20.8 Å². The van der Waals surface area contributed by atoms with Gasteiger partial charge in [0.15, 0.2) is 0 Å². The van der Waals surface area contributed by atoms with E-state index < -0.39 is 41.6 Å². The van der Waals surface area contributed by atoms with Crippen molar-refractivity contribution in [3.63, 3.8) is 0 Å². The van der Waals surface area contributed by atoms with Crippen LogP contribution in [0, 0.1) is 0 Å². The van der Waals surface area contributed by atoms with Crippen LogP contribution in [0.3, 0.4) is 0 Å². The van der Waals surface area contributed by atoms with E-state index in [4.69, 9.17) is 37.0 Å². The molecule has 0 bridgehead atoms. The minimum atomic E-state index is -3.35. The molecule has 0 spiro atoms. The van der Waals surface area contributed by atoms with Crippen molar-refractivity contribution in [1.29, 1.82) is 0 Å². The maximum absolute atomic E-state index is 5.82. The van der Waals surface area contributed by atoms with Crippen molar-refractivity contribution >= 4 is 22.7 Å². The Labute approximate surface area is 160 Å². The van der Waals surface area contributed by atoms with Crippen LogP contribution in [0.5, 0.6) is 0 Å². The first-order chi connectivity index (χ1) is 12.0. The summed E-state index contributed by atoms with van der Waals surface area (Å²) in [4.78, 5) is 0. The molecule has 0 fully saturated rings.